The molecule has 23 heavy (non-hydrogen) atoms. The number of aromatic nitrogens is 2. The quantitative estimate of drug-likeness (QED) is 0.594. The third-order valence-corrected chi connectivity index (χ3v) is 4.37. The minimum atomic E-state index is 0.504. The zero-order valence-electron chi connectivity index (χ0n) is 14.7. The maximum Gasteiger partial charge on any atom is 0.154 e. The minimum Gasteiger partial charge on any atom is -0.328 e. The Kier molecular flexibility index (Phi) is 7.05. The smallest absolute Gasteiger partial charge is 0.154 e. The summed E-state index contributed by atoms with van der Waals surface area (Å²) in [5.41, 5.74) is 2.31. The van der Waals surface area contributed by atoms with Crippen LogP contribution in [0.25, 0.3) is 0 Å². The summed E-state index contributed by atoms with van der Waals surface area (Å²) in [6.45, 7) is 4.51. The summed E-state index contributed by atoms with van der Waals surface area (Å²) in [6.07, 6.45) is 11.0. The molecule has 0 unspecified atom stereocenters. The van der Waals surface area contributed by atoms with E-state index in [1.54, 1.807) is 6.20 Å². The molecule has 0 N–H and O–H groups in total. The van der Waals surface area contributed by atoms with E-state index < -0.39 is 0 Å². The molecule has 0 fully saturated rings. The highest BCUT2D eigenvalue weighted by molar-refractivity contribution is 5.61. The van der Waals surface area contributed by atoms with E-state index in [0.717, 1.165) is 17.2 Å². The SMILES string of the molecule is CCCCC(CCCC)c1nccnc1N(C)c1ccccc1. The number of nitrogens with zero attached hydrogens (tertiary/aromatic N) is 3. The third-order valence-electron chi connectivity index (χ3n) is 4.37. The van der Waals surface area contributed by atoms with Crippen LogP contribution in [0.3, 0.4) is 0 Å². The van der Waals surface area contributed by atoms with Gasteiger partial charge >= 0.3 is 0 Å². The van der Waals surface area contributed by atoms with Crippen molar-refractivity contribution in [1.29, 1.82) is 0 Å². The molecule has 0 atom stereocenters. The van der Waals surface area contributed by atoms with Crippen LogP contribution in [0.2, 0.25) is 0 Å². The van der Waals surface area contributed by atoms with Gasteiger partial charge in [-0.2, -0.15) is 0 Å². The second-order valence-corrected chi connectivity index (χ2v) is 6.14. The van der Waals surface area contributed by atoms with E-state index in [1.165, 1.54) is 38.5 Å². The predicted octanol–water partition coefficient (Wildman–Crippen LogP) is 5.71. The topological polar surface area (TPSA) is 29.0 Å². The summed E-state index contributed by atoms with van der Waals surface area (Å²) in [7, 11) is 2.08. The number of unbranched alkanes of at least 4 members (excludes halogenated alkanes) is 2. The highest BCUT2D eigenvalue weighted by Crippen LogP contribution is 2.33. The maximum atomic E-state index is 4.73. The predicted molar refractivity (Wildman–Crippen MR) is 98.3 cm³/mol. The summed E-state index contributed by atoms with van der Waals surface area (Å²) in [4.78, 5) is 11.5. The van der Waals surface area contributed by atoms with Crippen molar-refractivity contribution in [2.45, 2.75) is 58.3 Å². The summed E-state index contributed by atoms with van der Waals surface area (Å²) >= 11 is 0. The lowest BCUT2D eigenvalue weighted by Crippen LogP contribution is -2.16. The van der Waals surface area contributed by atoms with Crippen LogP contribution in [0.15, 0.2) is 42.7 Å². The average Bonchev–Trinajstić information content (AvgIpc) is 2.62. The number of benzene rings is 1. The van der Waals surface area contributed by atoms with E-state index >= 15 is 0 Å². The molecule has 0 aliphatic carbocycles. The number of hydrogen-bond donors (Lipinski definition) is 0. The number of hydrogen-bond acceptors (Lipinski definition) is 3. The number of anilines is 2. The normalized spacial score (nSPS) is 11.0. The van der Waals surface area contributed by atoms with Crippen molar-refractivity contribution in [3.8, 4) is 0 Å². The first-order valence-corrected chi connectivity index (χ1v) is 8.87. The molecule has 0 radical (unpaired) electrons. The standard InChI is InChI=1S/C20H29N3/c1-4-6-11-17(12-7-5-2)19-20(22-16-15-21-19)23(3)18-13-9-8-10-14-18/h8-10,13-17H,4-7,11-12H2,1-3H3. The van der Waals surface area contributed by atoms with Gasteiger partial charge in [0.15, 0.2) is 5.82 Å². The lowest BCUT2D eigenvalue weighted by atomic mass is 9.92. The van der Waals surface area contributed by atoms with Gasteiger partial charge in [0.2, 0.25) is 0 Å². The van der Waals surface area contributed by atoms with Crippen LogP contribution in [0.5, 0.6) is 0 Å². The van der Waals surface area contributed by atoms with Crippen LogP contribution in [0, 0.1) is 0 Å². The summed E-state index contributed by atoms with van der Waals surface area (Å²) in [6, 6.07) is 10.4. The molecule has 1 aromatic heterocycles. The van der Waals surface area contributed by atoms with Crippen LogP contribution >= 0.6 is 0 Å². The van der Waals surface area contributed by atoms with Crippen molar-refractivity contribution in [3.05, 3.63) is 48.4 Å². The largest absolute Gasteiger partial charge is 0.328 e. The molecule has 0 aliphatic rings. The van der Waals surface area contributed by atoms with Crippen molar-refractivity contribution >= 4 is 11.5 Å². The van der Waals surface area contributed by atoms with Gasteiger partial charge in [-0.3, -0.25) is 4.98 Å². The second-order valence-electron chi connectivity index (χ2n) is 6.14. The number of para-hydroxylation sites is 1. The zero-order valence-corrected chi connectivity index (χ0v) is 14.7. The van der Waals surface area contributed by atoms with E-state index in [0.29, 0.717) is 5.92 Å². The van der Waals surface area contributed by atoms with Crippen molar-refractivity contribution in [3.63, 3.8) is 0 Å². The Bertz CT molecular complexity index is 560. The third kappa shape index (κ3) is 4.78. The molecule has 0 saturated heterocycles. The van der Waals surface area contributed by atoms with E-state index in [1.807, 2.05) is 12.3 Å². The molecule has 3 nitrogen and oxygen atoms in total. The molecular formula is C20H29N3. The van der Waals surface area contributed by atoms with Crippen LogP contribution in [-0.4, -0.2) is 17.0 Å². The Labute approximate surface area is 140 Å². The first-order chi connectivity index (χ1) is 11.3. The second kappa shape index (κ2) is 9.29. The van der Waals surface area contributed by atoms with Crippen LogP contribution in [0.1, 0.15) is 64.0 Å². The molecule has 0 aliphatic heterocycles. The Morgan fingerprint density at radius 3 is 2.13 bits per heavy atom. The molecule has 1 heterocycles. The highest BCUT2D eigenvalue weighted by atomic mass is 15.2. The van der Waals surface area contributed by atoms with Gasteiger partial charge in [-0.05, 0) is 25.0 Å². The van der Waals surface area contributed by atoms with Gasteiger partial charge in [0.05, 0.1) is 5.69 Å². The fourth-order valence-corrected chi connectivity index (χ4v) is 2.98. The molecule has 1 aromatic carbocycles. The van der Waals surface area contributed by atoms with E-state index in [4.69, 9.17) is 4.98 Å². The average molecular weight is 311 g/mol. The van der Waals surface area contributed by atoms with Crippen LogP contribution in [0.4, 0.5) is 11.5 Å². The van der Waals surface area contributed by atoms with E-state index in [9.17, 15) is 0 Å². The van der Waals surface area contributed by atoms with Gasteiger partial charge in [-0.25, -0.2) is 4.98 Å². The number of rotatable bonds is 9. The molecule has 0 spiro atoms. The van der Waals surface area contributed by atoms with Gasteiger partial charge < -0.3 is 4.90 Å². The molecule has 2 aromatic rings. The fraction of sp³-hybridized carbons (Fsp3) is 0.500. The lowest BCUT2D eigenvalue weighted by Gasteiger charge is -2.24. The summed E-state index contributed by atoms with van der Waals surface area (Å²) in [5.74, 6) is 1.50. The highest BCUT2D eigenvalue weighted by Gasteiger charge is 2.20. The van der Waals surface area contributed by atoms with Crippen LogP contribution in [-0.2, 0) is 0 Å². The Morgan fingerprint density at radius 2 is 1.52 bits per heavy atom. The monoisotopic (exact) mass is 311 g/mol. The molecule has 0 saturated carbocycles. The van der Waals surface area contributed by atoms with Crippen molar-refractivity contribution in [2.75, 3.05) is 11.9 Å². The van der Waals surface area contributed by atoms with Gasteiger partial charge in [0.25, 0.3) is 0 Å². The molecular weight excluding hydrogens is 282 g/mol. The molecule has 0 amide bonds. The molecule has 124 valence electrons. The van der Waals surface area contributed by atoms with Gasteiger partial charge in [-0.15, -0.1) is 0 Å². The Morgan fingerprint density at radius 1 is 0.913 bits per heavy atom. The van der Waals surface area contributed by atoms with Gasteiger partial charge in [0, 0.05) is 31.0 Å². The maximum absolute atomic E-state index is 4.73. The fourth-order valence-electron chi connectivity index (χ4n) is 2.98. The Hall–Kier alpha value is -1.90. The lowest BCUT2D eigenvalue weighted by molar-refractivity contribution is 0.514. The molecule has 3 heteroatoms. The van der Waals surface area contributed by atoms with Crippen LogP contribution < -0.4 is 4.90 Å². The van der Waals surface area contributed by atoms with E-state index in [-0.39, 0.29) is 0 Å². The first-order valence-electron chi connectivity index (χ1n) is 8.87. The Balaban J connectivity index is 2.30. The summed E-state index contributed by atoms with van der Waals surface area (Å²) in [5, 5.41) is 0. The van der Waals surface area contributed by atoms with E-state index in [2.05, 4.69) is 55.0 Å². The zero-order chi connectivity index (χ0) is 16.5. The minimum absolute atomic E-state index is 0.504. The van der Waals surface area contributed by atoms with Crippen molar-refractivity contribution in [1.82, 2.24) is 9.97 Å². The molecule has 0 bridgehead atoms. The van der Waals surface area contributed by atoms with Crippen molar-refractivity contribution < 1.29 is 0 Å². The van der Waals surface area contributed by atoms with Gasteiger partial charge in [-0.1, -0.05) is 57.7 Å². The summed E-state index contributed by atoms with van der Waals surface area (Å²) < 4.78 is 0. The first kappa shape index (κ1) is 17.5. The van der Waals surface area contributed by atoms with Gasteiger partial charge in [0.1, 0.15) is 0 Å². The molecule has 2 rings (SSSR count). The van der Waals surface area contributed by atoms with Crippen molar-refractivity contribution in [2.24, 2.45) is 0 Å².